The van der Waals surface area contributed by atoms with Crippen molar-refractivity contribution in [2.75, 3.05) is 18.0 Å². The van der Waals surface area contributed by atoms with Crippen LogP contribution in [0.1, 0.15) is 93.6 Å². The Hall–Kier alpha value is -5.25. The molecule has 12 nitrogen and oxygen atoms in total. The first-order valence-corrected chi connectivity index (χ1v) is 18.6. The van der Waals surface area contributed by atoms with Gasteiger partial charge in [0.25, 0.3) is 17.7 Å². The molecule has 1 aliphatic carbocycles. The van der Waals surface area contributed by atoms with Crippen molar-refractivity contribution in [2.45, 2.75) is 88.7 Å². The van der Waals surface area contributed by atoms with Gasteiger partial charge in [0, 0.05) is 55.9 Å². The lowest BCUT2D eigenvalue weighted by molar-refractivity contribution is -0.136. The van der Waals surface area contributed by atoms with Gasteiger partial charge in [-0.3, -0.25) is 39.1 Å². The predicted octanol–water partition coefficient (Wildman–Crippen LogP) is 5.40. The van der Waals surface area contributed by atoms with Crippen LogP contribution in [-0.4, -0.2) is 76.7 Å². The molecule has 3 aromatic carbocycles. The molecule has 53 heavy (non-hydrogen) atoms. The molecule has 5 aliphatic rings. The monoisotopic (exact) mass is 734 g/mol. The van der Waals surface area contributed by atoms with Gasteiger partial charge in [-0.05, 0) is 105 Å². The average molecular weight is 735 g/mol. The fourth-order valence-electron chi connectivity index (χ4n) is 8.40. The van der Waals surface area contributed by atoms with Crippen LogP contribution in [0.4, 0.5) is 11.4 Å². The number of amides is 5. The van der Waals surface area contributed by atoms with Crippen molar-refractivity contribution < 1.29 is 28.7 Å². The summed E-state index contributed by atoms with van der Waals surface area (Å²) >= 11 is 6.15. The average Bonchev–Trinajstić information content (AvgIpc) is 3.69. The summed E-state index contributed by atoms with van der Waals surface area (Å²) in [6.07, 6.45) is 5.47. The molecule has 272 valence electrons. The summed E-state index contributed by atoms with van der Waals surface area (Å²) in [7, 11) is 0. The van der Waals surface area contributed by atoms with E-state index in [1.54, 1.807) is 18.2 Å². The quantitative estimate of drug-likeness (QED) is 0.244. The SMILES string of the molecule is [C-]#[N+]c1ccc(OC2CCC(NC(=O)c3ccc(N4CCC(N5Cc6cc7c(cc6C5)C(=O)N(C5CCC(=O)NC5=O)C7=O)CC4)cc3)CC2)cc1Cl. The highest BCUT2D eigenvalue weighted by molar-refractivity contribution is 6.33. The van der Waals surface area contributed by atoms with Crippen LogP contribution in [0, 0.1) is 6.57 Å². The zero-order valence-corrected chi connectivity index (χ0v) is 29.9. The molecule has 0 bridgehead atoms. The van der Waals surface area contributed by atoms with Crippen LogP contribution in [0.3, 0.4) is 0 Å². The second-order valence-corrected chi connectivity index (χ2v) is 15.0. The van der Waals surface area contributed by atoms with E-state index >= 15 is 0 Å². The minimum atomic E-state index is -0.966. The Morgan fingerprint density at radius 1 is 0.849 bits per heavy atom. The first kappa shape index (κ1) is 34.8. The maximum absolute atomic E-state index is 13.3. The molecule has 0 radical (unpaired) electrons. The summed E-state index contributed by atoms with van der Waals surface area (Å²) in [5.41, 5.74) is 4.85. The van der Waals surface area contributed by atoms with Gasteiger partial charge in [-0.1, -0.05) is 17.7 Å². The van der Waals surface area contributed by atoms with Crippen LogP contribution >= 0.6 is 11.6 Å². The Morgan fingerprint density at radius 3 is 2.11 bits per heavy atom. The van der Waals surface area contributed by atoms with E-state index in [1.165, 1.54) is 0 Å². The first-order chi connectivity index (χ1) is 25.6. The summed E-state index contributed by atoms with van der Waals surface area (Å²) in [5.74, 6) is -1.36. The highest BCUT2D eigenvalue weighted by Crippen LogP contribution is 2.36. The Bertz CT molecular complexity index is 2000. The number of carbonyl (C=O) groups excluding carboxylic acids is 5. The van der Waals surface area contributed by atoms with Gasteiger partial charge >= 0.3 is 0 Å². The summed E-state index contributed by atoms with van der Waals surface area (Å²) in [4.78, 5) is 72.9. The third-order valence-corrected chi connectivity index (χ3v) is 11.6. The molecule has 4 heterocycles. The third kappa shape index (κ3) is 6.87. The molecule has 3 aromatic rings. The van der Waals surface area contributed by atoms with Crippen molar-refractivity contribution in [3.8, 4) is 5.75 Å². The van der Waals surface area contributed by atoms with Gasteiger partial charge in [-0.25, -0.2) is 4.85 Å². The number of nitrogens with zero attached hydrogens (tertiary/aromatic N) is 4. The minimum Gasteiger partial charge on any atom is -0.490 e. The van der Waals surface area contributed by atoms with Crippen molar-refractivity contribution in [1.29, 1.82) is 0 Å². The Morgan fingerprint density at radius 2 is 1.51 bits per heavy atom. The minimum absolute atomic E-state index is 0.0410. The van der Waals surface area contributed by atoms with Gasteiger partial charge in [0.1, 0.15) is 11.8 Å². The van der Waals surface area contributed by atoms with Gasteiger partial charge in [0.2, 0.25) is 17.5 Å². The maximum atomic E-state index is 13.3. The van der Waals surface area contributed by atoms with E-state index in [1.807, 2.05) is 36.4 Å². The predicted molar refractivity (Wildman–Crippen MR) is 196 cm³/mol. The number of ether oxygens (including phenoxy) is 1. The molecular formula is C40H39ClN6O6. The molecule has 3 fully saturated rings. The molecule has 0 aromatic heterocycles. The Kier molecular flexibility index (Phi) is 9.39. The van der Waals surface area contributed by atoms with Crippen LogP contribution < -0.4 is 20.3 Å². The molecule has 2 N–H and O–H groups in total. The molecule has 1 atom stereocenters. The lowest BCUT2D eigenvalue weighted by Crippen LogP contribution is -2.54. The smallest absolute Gasteiger partial charge is 0.262 e. The molecule has 2 saturated heterocycles. The van der Waals surface area contributed by atoms with Crippen LogP contribution in [0.25, 0.3) is 4.85 Å². The van der Waals surface area contributed by atoms with Crippen molar-refractivity contribution in [3.63, 3.8) is 0 Å². The van der Waals surface area contributed by atoms with Gasteiger partial charge in [0.05, 0.1) is 28.8 Å². The number of imide groups is 2. The largest absolute Gasteiger partial charge is 0.490 e. The number of nitrogens with one attached hydrogen (secondary N) is 2. The standard InChI is InChI=1S/C40H39ClN6O6/c1-42-34-11-10-30(20-33(34)41)53-29-8-4-26(5-9-29)43-37(49)23-2-6-27(7-3-23)45-16-14-28(15-17-45)46-21-24-18-31-32(19-25(24)22-46)40(52)47(39(31)51)35-12-13-36(48)44-38(35)50/h2-3,6-7,10-11,18-20,26,28-29,35H,4-5,8-9,12-17,21-22H2,(H,43,49)(H,44,48,50). The molecule has 0 spiro atoms. The molecule has 13 heteroatoms. The van der Waals surface area contributed by atoms with Crippen molar-refractivity contribution in [2.24, 2.45) is 0 Å². The number of benzene rings is 3. The number of halogens is 1. The summed E-state index contributed by atoms with van der Waals surface area (Å²) < 4.78 is 6.09. The van der Waals surface area contributed by atoms with E-state index in [-0.39, 0.29) is 30.9 Å². The number of rotatable bonds is 7. The number of anilines is 1. The number of piperidine rings is 2. The summed E-state index contributed by atoms with van der Waals surface area (Å²) in [6.45, 7) is 10.3. The number of fused-ring (bicyclic) bond motifs is 2. The van der Waals surface area contributed by atoms with Gasteiger partial charge in [0.15, 0.2) is 0 Å². The van der Waals surface area contributed by atoms with Crippen LogP contribution in [0.2, 0.25) is 5.02 Å². The van der Waals surface area contributed by atoms with Crippen LogP contribution in [0.15, 0.2) is 54.6 Å². The highest BCUT2D eigenvalue weighted by atomic mass is 35.5. The maximum Gasteiger partial charge on any atom is 0.262 e. The van der Waals surface area contributed by atoms with Gasteiger partial charge in [-0.2, -0.15) is 0 Å². The van der Waals surface area contributed by atoms with E-state index in [9.17, 15) is 24.0 Å². The summed E-state index contributed by atoms with van der Waals surface area (Å²) in [6, 6.07) is 16.1. The Balaban J connectivity index is 0.802. The first-order valence-electron chi connectivity index (χ1n) is 18.3. The number of hydrogen-bond donors (Lipinski definition) is 2. The van der Waals surface area contributed by atoms with Crippen LogP contribution in [-0.2, 0) is 22.7 Å². The second-order valence-electron chi connectivity index (χ2n) is 14.6. The number of carbonyl (C=O) groups is 5. The number of hydrogen-bond acceptors (Lipinski definition) is 8. The van der Waals surface area contributed by atoms with Crippen molar-refractivity contribution >= 4 is 52.5 Å². The van der Waals surface area contributed by atoms with E-state index < -0.39 is 29.7 Å². The second kappa shape index (κ2) is 14.3. The van der Waals surface area contributed by atoms with Crippen molar-refractivity contribution in [1.82, 2.24) is 20.4 Å². The Labute approximate surface area is 312 Å². The molecule has 8 rings (SSSR count). The normalized spacial score (nSPS) is 23.4. The van der Waals surface area contributed by atoms with Crippen molar-refractivity contribution in [3.05, 3.63) is 98.9 Å². The third-order valence-electron chi connectivity index (χ3n) is 11.3. The topological polar surface area (TPSA) is 133 Å². The highest BCUT2D eigenvalue weighted by Gasteiger charge is 2.45. The molecule has 1 unspecified atom stereocenters. The van der Waals surface area contributed by atoms with E-state index in [2.05, 4.69) is 25.3 Å². The van der Waals surface area contributed by atoms with E-state index in [0.717, 1.165) is 73.3 Å². The zero-order valence-electron chi connectivity index (χ0n) is 29.1. The molecule has 5 amide bonds. The fraction of sp³-hybridized carbons (Fsp3) is 0.400. The van der Waals surface area contributed by atoms with E-state index in [4.69, 9.17) is 22.9 Å². The van der Waals surface area contributed by atoms with Crippen LogP contribution in [0.5, 0.6) is 5.75 Å². The zero-order chi connectivity index (χ0) is 36.8. The fourth-order valence-corrected chi connectivity index (χ4v) is 8.62. The molecular weight excluding hydrogens is 696 g/mol. The summed E-state index contributed by atoms with van der Waals surface area (Å²) in [5, 5.41) is 5.82. The van der Waals surface area contributed by atoms with Gasteiger partial charge in [-0.15, -0.1) is 0 Å². The lowest BCUT2D eigenvalue weighted by Gasteiger charge is -2.37. The molecule has 1 saturated carbocycles. The molecule has 4 aliphatic heterocycles. The lowest BCUT2D eigenvalue weighted by atomic mass is 9.92. The van der Waals surface area contributed by atoms with E-state index in [0.29, 0.717) is 52.3 Å². The van der Waals surface area contributed by atoms with Gasteiger partial charge < -0.3 is 15.0 Å².